The Hall–Kier alpha value is -1.20. The molecule has 0 aliphatic carbocycles. The molecule has 0 amide bonds. The Morgan fingerprint density at radius 1 is 1.33 bits per heavy atom. The van der Waals surface area contributed by atoms with Gasteiger partial charge < -0.3 is 4.74 Å². The van der Waals surface area contributed by atoms with Crippen LogP contribution in [0.2, 0.25) is 5.15 Å². The molecule has 0 aliphatic heterocycles. The number of hydrogen-bond donors (Lipinski definition) is 0. The number of aryl methyl sites for hydroxylation is 1. The van der Waals surface area contributed by atoms with Gasteiger partial charge in [-0.15, -0.1) is 0 Å². The van der Waals surface area contributed by atoms with E-state index < -0.39 is 0 Å². The molecule has 6 heteroatoms. The molecule has 1 aromatic heterocycles. The minimum Gasteiger partial charge on any atom is -0.484 e. The summed E-state index contributed by atoms with van der Waals surface area (Å²) in [6.07, 6.45) is 0. The van der Waals surface area contributed by atoms with Crippen LogP contribution in [0.5, 0.6) is 5.75 Å². The third-order valence-corrected chi connectivity index (χ3v) is 2.97. The van der Waals surface area contributed by atoms with Gasteiger partial charge in [0.25, 0.3) is 0 Å². The SMILES string of the molecule is Cc1cc(Cl)nc(COc2cc(F)ccc2Br)n1. The van der Waals surface area contributed by atoms with E-state index in [0.717, 1.165) is 5.69 Å². The van der Waals surface area contributed by atoms with Crippen LogP contribution in [0.25, 0.3) is 0 Å². The maximum Gasteiger partial charge on any atom is 0.167 e. The maximum absolute atomic E-state index is 13.0. The number of ether oxygens (including phenoxy) is 1. The first-order chi connectivity index (χ1) is 8.54. The zero-order chi connectivity index (χ0) is 13.1. The van der Waals surface area contributed by atoms with E-state index in [1.54, 1.807) is 12.1 Å². The molecule has 0 aliphatic rings. The molecule has 18 heavy (non-hydrogen) atoms. The van der Waals surface area contributed by atoms with Crippen molar-refractivity contribution in [2.75, 3.05) is 0 Å². The minimum atomic E-state index is -0.364. The van der Waals surface area contributed by atoms with Gasteiger partial charge in [0.05, 0.1) is 4.47 Å². The van der Waals surface area contributed by atoms with Crippen molar-refractivity contribution < 1.29 is 9.13 Å². The predicted molar refractivity (Wildman–Crippen MR) is 70.2 cm³/mol. The highest BCUT2D eigenvalue weighted by molar-refractivity contribution is 9.10. The summed E-state index contributed by atoms with van der Waals surface area (Å²) in [5.74, 6) is 0.490. The summed E-state index contributed by atoms with van der Waals surface area (Å²) in [5, 5.41) is 0.361. The molecule has 1 heterocycles. The van der Waals surface area contributed by atoms with Crippen molar-refractivity contribution in [1.29, 1.82) is 0 Å². The van der Waals surface area contributed by atoms with E-state index in [1.807, 2.05) is 6.92 Å². The van der Waals surface area contributed by atoms with Gasteiger partial charge in [0, 0.05) is 11.8 Å². The normalized spacial score (nSPS) is 10.4. The first kappa shape index (κ1) is 13.2. The van der Waals surface area contributed by atoms with Crippen molar-refractivity contribution >= 4 is 27.5 Å². The lowest BCUT2D eigenvalue weighted by atomic mass is 10.3. The van der Waals surface area contributed by atoms with Crippen molar-refractivity contribution in [3.05, 3.63) is 51.2 Å². The molecule has 0 saturated carbocycles. The van der Waals surface area contributed by atoms with Crippen LogP contribution in [0.1, 0.15) is 11.5 Å². The average Bonchev–Trinajstić information content (AvgIpc) is 2.29. The number of hydrogen-bond acceptors (Lipinski definition) is 3. The third-order valence-electron chi connectivity index (χ3n) is 2.12. The smallest absolute Gasteiger partial charge is 0.167 e. The van der Waals surface area contributed by atoms with Crippen LogP contribution in [0.15, 0.2) is 28.7 Å². The van der Waals surface area contributed by atoms with Gasteiger partial charge in [-0.05, 0) is 41.1 Å². The predicted octanol–water partition coefficient (Wildman–Crippen LogP) is 3.92. The molecule has 0 atom stereocenters. The minimum absolute atomic E-state index is 0.128. The Balaban J connectivity index is 2.13. The lowest BCUT2D eigenvalue weighted by Crippen LogP contribution is -2.03. The van der Waals surface area contributed by atoms with Crippen LogP contribution in [0.3, 0.4) is 0 Å². The van der Waals surface area contributed by atoms with E-state index in [2.05, 4.69) is 25.9 Å². The highest BCUT2D eigenvalue weighted by Crippen LogP contribution is 2.26. The second-order valence-corrected chi connectivity index (χ2v) is 4.85. The molecule has 0 N–H and O–H groups in total. The summed E-state index contributed by atoms with van der Waals surface area (Å²) in [7, 11) is 0. The second-order valence-electron chi connectivity index (χ2n) is 3.61. The Bertz CT molecular complexity index is 560. The van der Waals surface area contributed by atoms with E-state index in [4.69, 9.17) is 16.3 Å². The molecule has 2 rings (SSSR count). The van der Waals surface area contributed by atoms with E-state index >= 15 is 0 Å². The molecule has 0 saturated heterocycles. The molecule has 3 nitrogen and oxygen atoms in total. The van der Waals surface area contributed by atoms with Crippen molar-refractivity contribution in [2.24, 2.45) is 0 Å². The highest BCUT2D eigenvalue weighted by atomic mass is 79.9. The third kappa shape index (κ3) is 3.40. The fourth-order valence-corrected chi connectivity index (χ4v) is 2.00. The summed E-state index contributed by atoms with van der Waals surface area (Å²) in [6.45, 7) is 1.94. The first-order valence-electron chi connectivity index (χ1n) is 5.12. The summed E-state index contributed by atoms with van der Waals surface area (Å²) in [6, 6.07) is 5.87. The van der Waals surface area contributed by atoms with E-state index in [0.29, 0.717) is 21.2 Å². The largest absolute Gasteiger partial charge is 0.484 e. The van der Waals surface area contributed by atoms with Crippen molar-refractivity contribution in [3.63, 3.8) is 0 Å². The fraction of sp³-hybridized carbons (Fsp3) is 0.167. The van der Waals surface area contributed by atoms with Crippen LogP contribution in [-0.2, 0) is 6.61 Å². The summed E-state index contributed by atoms with van der Waals surface area (Å²) in [4.78, 5) is 8.19. The molecular formula is C12H9BrClFN2O. The monoisotopic (exact) mass is 330 g/mol. The van der Waals surface area contributed by atoms with E-state index in [9.17, 15) is 4.39 Å². The Morgan fingerprint density at radius 2 is 2.11 bits per heavy atom. The van der Waals surface area contributed by atoms with Crippen LogP contribution < -0.4 is 4.74 Å². The van der Waals surface area contributed by atoms with E-state index in [1.165, 1.54) is 12.1 Å². The van der Waals surface area contributed by atoms with Gasteiger partial charge in [-0.25, -0.2) is 14.4 Å². The molecule has 0 spiro atoms. The standard InChI is InChI=1S/C12H9BrClFN2O/c1-7-4-11(14)17-12(16-7)6-18-10-5-8(15)2-3-9(10)13/h2-5H,6H2,1H3. The summed E-state index contributed by atoms with van der Waals surface area (Å²) in [5.41, 5.74) is 0.756. The Kier molecular flexibility index (Phi) is 4.14. The zero-order valence-corrected chi connectivity index (χ0v) is 11.8. The van der Waals surface area contributed by atoms with Crippen LogP contribution >= 0.6 is 27.5 Å². The molecule has 0 bridgehead atoms. The average molecular weight is 332 g/mol. The molecule has 1 aromatic carbocycles. The number of halogens is 3. The maximum atomic E-state index is 13.0. The van der Waals surface area contributed by atoms with E-state index in [-0.39, 0.29) is 12.4 Å². The first-order valence-corrected chi connectivity index (χ1v) is 6.29. The highest BCUT2D eigenvalue weighted by Gasteiger charge is 2.06. The molecule has 0 radical (unpaired) electrons. The van der Waals surface area contributed by atoms with Gasteiger partial charge in [-0.2, -0.15) is 0 Å². The number of rotatable bonds is 3. The number of benzene rings is 1. The van der Waals surface area contributed by atoms with Crippen molar-refractivity contribution in [3.8, 4) is 5.75 Å². The Morgan fingerprint density at radius 3 is 2.83 bits per heavy atom. The van der Waals surface area contributed by atoms with Crippen LogP contribution in [0.4, 0.5) is 4.39 Å². The van der Waals surface area contributed by atoms with Gasteiger partial charge in [0.1, 0.15) is 23.3 Å². The molecular weight excluding hydrogens is 322 g/mol. The lowest BCUT2D eigenvalue weighted by molar-refractivity contribution is 0.292. The summed E-state index contributed by atoms with van der Waals surface area (Å²) < 4.78 is 19.2. The van der Waals surface area contributed by atoms with Crippen LogP contribution in [-0.4, -0.2) is 9.97 Å². The van der Waals surface area contributed by atoms with Gasteiger partial charge in [0.15, 0.2) is 5.82 Å². The molecule has 0 unspecified atom stereocenters. The summed E-state index contributed by atoms with van der Waals surface area (Å²) >= 11 is 9.09. The zero-order valence-electron chi connectivity index (χ0n) is 9.45. The topological polar surface area (TPSA) is 35.0 Å². The molecule has 94 valence electrons. The van der Waals surface area contributed by atoms with Gasteiger partial charge >= 0.3 is 0 Å². The quantitative estimate of drug-likeness (QED) is 0.800. The molecule has 0 fully saturated rings. The van der Waals surface area contributed by atoms with Gasteiger partial charge in [-0.1, -0.05) is 11.6 Å². The molecule has 2 aromatic rings. The van der Waals surface area contributed by atoms with Gasteiger partial charge in [-0.3, -0.25) is 0 Å². The van der Waals surface area contributed by atoms with Gasteiger partial charge in [0.2, 0.25) is 0 Å². The lowest BCUT2D eigenvalue weighted by Gasteiger charge is -2.08. The number of aromatic nitrogens is 2. The van der Waals surface area contributed by atoms with Crippen molar-refractivity contribution in [2.45, 2.75) is 13.5 Å². The number of nitrogens with zero attached hydrogens (tertiary/aromatic N) is 2. The fourth-order valence-electron chi connectivity index (χ4n) is 1.38. The van der Waals surface area contributed by atoms with Crippen molar-refractivity contribution in [1.82, 2.24) is 9.97 Å². The Labute approximate surface area is 117 Å². The van der Waals surface area contributed by atoms with Crippen LogP contribution in [0, 0.1) is 12.7 Å². The second kappa shape index (κ2) is 5.63.